The van der Waals surface area contributed by atoms with Crippen LogP contribution in [0.5, 0.6) is 0 Å². The van der Waals surface area contributed by atoms with Crippen LogP contribution in [0.2, 0.25) is 0 Å². The molecule has 3 unspecified atom stereocenters. The van der Waals surface area contributed by atoms with Gasteiger partial charge in [-0.3, -0.25) is 14.4 Å². The number of aliphatic hydroxyl groups excluding tert-OH is 1. The number of rotatable bonds is 13. The van der Waals surface area contributed by atoms with E-state index in [9.17, 15) is 19.5 Å². The Morgan fingerprint density at radius 1 is 1.30 bits per heavy atom. The first-order valence-corrected chi connectivity index (χ1v) is 12.5. The third-order valence-electron chi connectivity index (χ3n) is 8.09. The highest BCUT2D eigenvalue weighted by atomic mass is 16.5. The summed E-state index contributed by atoms with van der Waals surface area (Å²) in [6.07, 6.45) is 6.97. The first-order chi connectivity index (χ1) is 15.7. The number of aliphatic carboxylic acids is 1. The number of amides is 2. The fraction of sp³-hybridized carbons (Fsp3) is 0.800. The third-order valence-corrected chi connectivity index (χ3v) is 8.09. The van der Waals surface area contributed by atoms with Gasteiger partial charge in [0.1, 0.15) is 17.6 Å². The number of nitrogens with zero attached hydrogens (tertiary/aromatic N) is 2. The number of carbonyl (C=O) groups excluding carboxylic acids is 2. The Kier molecular flexibility index (Phi) is 7.89. The number of likely N-dealkylation sites (tertiary alicyclic amines) is 1. The molecule has 2 bridgehead atoms. The molecule has 0 aliphatic carbocycles. The number of fused-ring (bicyclic) bond motifs is 1. The minimum atomic E-state index is -1.10. The lowest BCUT2D eigenvalue weighted by Gasteiger charge is -2.39. The second kappa shape index (κ2) is 10.1. The van der Waals surface area contributed by atoms with E-state index in [4.69, 9.17) is 9.84 Å². The Morgan fingerprint density at radius 3 is 2.61 bits per heavy atom. The Morgan fingerprint density at radius 2 is 2.03 bits per heavy atom. The van der Waals surface area contributed by atoms with Crippen LogP contribution in [0.15, 0.2) is 12.7 Å². The summed E-state index contributed by atoms with van der Waals surface area (Å²) < 4.78 is 6.57. The zero-order valence-electron chi connectivity index (χ0n) is 20.3. The van der Waals surface area contributed by atoms with Gasteiger partial charge >= 0.3 is 5.97 Å². The summed E-state index contributed by atoms with van der Waals surface area (Å²) >= 11 is 0. The summed E-state index contributed by atoms with van der Waals surface area (Å²) in [5, 5.41) is 19.2. The summed E-state index contributed by atoms with van der Waals surface area (Å²) in [6.45, 7) is 10.6. The van der Waals surface area contributed by atoms with Gasteiger partial charge in [-0.05, 0) is 51.9 Å². The molecule has 3 heterocycles. The maximum Gasteiger partial charge on any atom is 0.310 e. The highest BCUT2D eigenvalue weighted by Crippen LogP contribution is 2.64. The molecule has 0 aromatic heterocycles. The van der Waals surface area contributed by atoms with Crippen molar-refractivity contribution in [2.24, 2.45) is 11.8 Å². The lowest BCUT2D eigenvalue weighted by Crippen LogP contribution is -2.58. The van der Waals surface area contributed by atoms with Gasteiger partial charge in [-0.1, -0.05) is 26.3 Å². The lowest BCUT2D eigenvalue weighted by atomic mass is 9.65. The highest BCUT2D eigenvalue weighted by Gasteiger charge is 2.79. The molecular formula is C25H40N2O6. The smallest absolute Gasteiger partial charge is 0.310 e. The average Bonchev–Trinajstić information content (AvgIpc) is 3.38. The SMILES string of the molecule is C=CCN(C(=O)C1N(CCCCCO)C(=O)[C@@H]2[C@@H](C(=O)O)[C@@]3(CC)CCC12O3)C(C)CCC. The van der Waals surface area contributed by atoms with Gasteiger partial charge in [0, 0.05) is 25.7 Å². The monoisotopic (exact) mass is 464 g/mol. The molecule has 8 nitrogen and oxygen atoms in total. The minimum absolute atomic E-state index is 0.0312. The van der Waals surface area contributed by atoms with Crippen LogP contribution < -0.4 is 0 Å². The van der Waals surface area contributed by atoms with Crippen LogP contribution in [-0.4, -0.2) is 80.8 Å². The van der Waals surface area contributed by atoms with E-state index in [2.05, 4.69) is 13.5 Å². The Hall–Kier alpha value is -1.93. The van der Waals surface area contributed by atoms with Crippen molar-refractivity contribution >= 4 is 17.8 Å². The van der Waals surface area contributed by atoms with Gasteiger partial charge in [-0.25, -0.2) is 0 Å². The first-order valence-electron chi connectivity index (χ1n) is 12.5. The maximum absolute atomic E-state index is 14.1. The largest absolute Gasteiger partial charge is 0.481 e. The molecule has 3 saturated heterocycles. The zero-order valence-corrected chi connectivity index (χ0v) is 20.3. The number of hydrogen-bond acceptors (Lipinski definition) is 5. The summed E-state index contributed by atoms with van der Waals surface area (Å²) in [7, 11) is 0. The lowest BCUT2D eigenvalue weighted by molar-refractivity contribution is -0.158. The van der Waals surface area contributed by atoms with Crippen LogP contribution in [-0.2, 0) is 19.1 Å². The van der Waals surface area contributed by atoms with Crippen molar-refractivity contribution in [1.82, 2.24) is 9.80 Å². The molecule has 3 aliphatic rings. The van der Waals surface area contributed by atoms with E-state index in [-0.39, 0.29) is 24.5 Å². The number of hydrogen-bond donors (Lipinski definition) is 2. The maximum atomic E-state index is 14.1. The molecule has 186 valence electrons. The summed E-state index contributed by atoms with van der Waals surface area (Å²) in [5.41, 5.74) is -2.00. The van der Waals surface area contributed by atoms with Crippen molar-refractivity contribution in [2.45, 2.75) is 95.4 Å². The molecule has 2 amide bonds. The number of aliphatic hydroxyl groups is 1. The topological polar surface area (TPSA) is 107 Å². The molecule has 0 radical (unpaired) electrons. The normalized spacial score (nSPS) is 33.3. The van der Waals surface area contributed by atoms with Crippen LogP contribution in [0, 0.1) is 11.8 Å². The van der Waals surface area contributed by atoms with Crippen molar-refractivity contribution < 1.29 is 29.3 Å². The second-order valence-electron chi connectivity index (χ2n) is 9.90. The average molecular weight is 465 g/mol. The predicted octanol–water partition coefficient (Wildman–Crippen LogP) is 2.59. The molecule has 3 fully saturated rings. The van der Waals surface area contributed by atoms with Crippen LogP contribution in [0.4, 0.5) is 0 Å². The molecule has 3 aliphatic heterocycles. The van der Waals surface area contributed by atoms with Gasteiger partial charge < -0.3 is 24.7 Å². The molecule has 1 spiro atoms. The second-order valence-corrected chi connectivity index (χ2v) is 9.90. The van der Waals surface area contributed by atoms with Gasteiger partial charge in [-0.15, -0.1) is 6.58 Å². The predicted molar refractivity (Wildman–Crippen MR) is 123 cm³/mol. The van der Waals surface area contributed by atoms with E-state index in [1.165, 1.54) is 0 Å². The molecule has 0 saturated carbocycles. The number of carbonyl (C=O) groups is 3. The quantitative estimate of drug-likeness (QED) is 0.320. The molecular weight excluding hydrogens is 424 g/mol. The van der Waals surface area contributed by atoms with Gasteiger partial charge in [0.2, 0.25) is 11.8 Å². The minimum Gasteiger partial charge on any atom is -0.481 e. The number of unbranched alkanes of at least 4 members (excludes halogenated alkanes) is 2. The number of carboxylic acid groups (broad SMARTS) is 1. The fourth-order valence-electron chi connectivity index (χ4n) is 6.54. The zero-order chi connectivity index (χ0) is 24.4. The van der Waals surface area contributed by atoms with Crippen LogP contribution in [0.3, 0.4) is 0 Å². The molecule has 2 N–H and O–H groups in total. The summed E-state index contributed by atoms with van der Waals surface area (Å²) in [4.78, 5) is 43.6. The van der Waals surface area contributed by atoms with Gasteiger partial charge in [0.05, 0.1) is 11.5 Å². The fourth-order valence-corrected chi connectivity index (χ4v) is 6.54. The Balaban J connectivity index is 2.03. The van der Waals surface area contributed by atoms with Crippen LogP contribution in [0.25, 0.3) is 0 Å². The standard InChI is InChI=1S/C25H40N2O6/c1-5-11-17(4)26(14-6-2)22(30)20-25-13-12-24(7-3,33-25)19(23(31)32)18(25)21(29)27(20)15-9-8-10-16-28/h6,17-20,28H,2,5,7-16H2,1,3-4H3,(H,31,32)/t17?,18-,19-,20?,24+,25?/m0/s1. The van der Waals surface area contributed by atoms with Crippen LogP contribution in [0.1, 0.15) is 72.1 Å². The number of carboxylic acids is 1. The highest BCUT2D eigenvalue weighted by molar-refractivity contribution is 5.98. The third kappa shape index (κ3) is 4.09. The van der Waals surface area contributed by atoms with E-state index >= 15 is 0 Å². The molecule has 3 rings (SSSR count). The van der Waals surface area contributed by atoms with Gasteiger partial charge in [0.25, 0.3) is 0 Å². The first kappa shape index (κ1) is 25.7. The van der Waals surface area contributed by atoms with E-state index in [0.717, 1.165) is 19.3 Å². The molecule has 8 heteroatoms. The molecule has 6 atom stereocenters. The molecule has 0 aromatic rings. The van der Waals surface area contributed by atoms with Crippen molar-refractivity contribution in [3.63, 3.8) is 0 Å². The van der Waals surface area contributed by atoms with Crippen molar-refractivity contribution in [1.29, 1.82) is 0 Å². The van der Waals surface area contributed by atoms with Crippen LogP contribution >= 0.6 is 0 Å². The van der Waals surface area contributed by atoms with Crippen molar-refractivity contribution in [3.8, 4) is 0 Å². The van der Waals surface area contributed by atoms with E-state index in [0.29, 0.717) is 45.2 Å². The molecule has 0 aromatic carbocycles. The van der Waals surface area contributed by atoms with E-state index < -0.39 is 35.0 Å². The Labute approximate surface area is 196 Å². The van der Waals surface area contributed by atoms with Crippen molar-refractivity contribution in [2.75, 3.05) is 19.7 Å². The number of ether oxygens (including phenoxy) is 1. The molecule has 33 heavy (non-hydrogen) atoms. The summed E-state index contributed by atoms with van der Waals surface area (Å²) in [6, 6.07) is -0.863. The van der Waals surface area contributed by atoms with E-state index in [1.54, 1.807) is 15.9 Å². The Bertz CT molecular complexity index is 772. The summed E-state index contributed by atoms with van der Waals surface area (Å²) in [5.74, 6) is -3.26. The van der Waals surface area contributed by atoms with E-state index in [1.807, 2.05) is 13.8 Å². The van der Waals surface area contributed by atoms with Gasteiger partial charge in [-0.2, -0.15) is 0 Å². The van der Waals surface area contributed by atoms with Crippen molar-refractivity contribution in [3.05, 3.63) is 12.7 Å². The van der Waals surface area contributed by atoms with Gasteiger partial charge in [0.15, 0.2) is 0 Å².